The van der Waals surface area contributed by atoms with E-state index in [1.54, 1.807) is 0 Å². The lowest BCUT2D eigenvalue weighted by Gasteiger charge is -2.54. The van der Waals surface area contributed by atoms with Crippen LogP contribution in [0.4, 0.5) is 5.82 Å². The van der Waals surface area contributed by atoms with Crippen LogP contribution >= 0.6 is 0 Å². The summed E-state index contributed by atoms with van der Waals surface area (Å²) in [5.41, 5.74) is 7.02. The van der Waals surface area contributed by atoms with Crippen LogP contribution in [-0.2, 0) is 36.1 Å². The highest BCUT2D eigenvalue weighted by atomic mass is 16.5. The second kappa shape index (κ2) is 9.53. The number of carbonyl (C=O) groups excluding carboxylic acids is 1. The molecule has 5 heterocycles. The first kappa shape index (κ1) is 25.9. The maximum Gasteiger partial charge on any atom is 0.225 e. The van der Waals surface area contributed by atoms with Gasteiger partial charge in [0.15, 0.2) is 5.82 Å². The van der Waals surface area contributed by atoms with E-state index in [0.29, 0.717) is 6.61 Å². The maximum absolute atomic E-state index is 13.0. The number of carbonyl (C=O) groups is 1. The molecule has 3 aromatic rings. The van der Waals surface area contributed by atoms with Crippen LogP contribution in [0.5, 0.6) is 0 Å². The topological polar surface area (TPSA) is 103 Å². The van der Waals surface area contributed by atoms with E-state index in [2.05, 4.69) is 31.9 Å². The summed E-state index contributed by atoms with van der Waals surface area (Å²) in [5.74, 6) is 2.00. The molecular formula is C30H42N8O2. The lowest BCUT2D eigenvalue weighted by atomic mass is 9.57. The van der Waals surface area contributed by atoms with E-state index in [0.717, 1.165) is 118 Å². The molecule has 3 saturated carbocycles. The molecule has 8 rings (SSSR count). The number of amides is 1. The smallest absolute Gasteiger partial charge is 0.225 e. The Kier molecular flexibility index (Phi) is 6.18. The fourth-order valence-electron chi connectivity index (χ4n) is 7.94. The Balaban J connectivity index is 1.07. The molecule has 5 aliphatic rings. The molecule has 1 saturated heterocycles. The number of aromatic nitrogens is 6. The number of fused-ring (bicyclic) bond motifs is 5. The summed E-state index contributed by atoms with van der Waals surface area (Å²) in [6.07, 6.45) is 9.62. The van der Waals surface area contributed by atoms with Crippen molar-refractivity contribution in [2.24, 2.45) is 18.4 Å². The molecule has 4 fully saturated rings. The van der Waals surface area contributed by atoms with Crippen LogP contribution in [0, 0.1) is 32.1 Å². The highest BCUT2D eigenvalue weighted by molar-refractivity contribution is 5.88. The van der Waals surface area contributed by atoms with Gasteiger partial charge in [0.2, 0.25) is 5.91 Å². The predicted molar refractivity (Wildman–Crippen MR) is 152 cm³/mol. The summed E-state index contributed by atoms with van der Waals surface area (Å²) in [4.78, 5) is 24.9. The molecule has 40 heavy (non-hydrogen) atoms. The lowest BCUT2D eigenvalue weighted by molar-refractivity contribution is -0.133. The van der Waals surface area contributed by atoms with Gasteiger partial charge in [-0.2, -0.15) is 10.2 Å². The van der Waals surface area contributed by atoms with Crippen LogP contribution in [0.1, 0.15) is 79.8 Å². The van der Waals surface area contributed by atoms with Crippen molar-refractivity contribution in [1.82, 2.24) is 34.8 Å². The van der Waals surface area contributed by atoms with Gasteiger partial charge in [0, 0.05) is 56.5 Å². The number of hydrogen-bond acceptors (Lipinski definition) is 7. The van der Waals surface area contributed by atoms with Crippen molar-refractivity contribution in [3.05, 3.63) is 28.5 Å². The van der Waals surface area contributed by atoms with E-state index in [-0.39, 0.29) is 22.8 Å². The van der Waals surface area contributed by atoms with Crippen LogP contribution in [-0.4, -0.2) is 60.7 Å². The van der Waals surface area contributed by atoms with E-state index >= 15 is 0 Å². The zero-order valence-electron chi connectivity index (χ0n) is 24.4. The van der Waals surface area contributed by atoms with Crippen molar-refractivity contribution in [2.75, 3.05) is 24.7 Å². The number of nitrogens with one attached hydrogen (secondary N) is 1. The normalized spacial score (nSPS) is 28.2. The first-order valence-corrected chi connectivity index (χ1v) is 15.1. The van der Waals surface area contributed by atoms with E-state index in [1.165, 1.54) is 11.3 Å². The molecule has 2 bridgehead atoms. The molecule has 0 radical (unpaired) electrons. The van der Waals surface area contributed by atoms with Crippen molar-refractivity contribution >= 4 is 22.8 Å². The standard InChI is InChI=1S/C30H42N8O2/c1-19-23-16-37(27-26-25(31-21(3)32-27)20(2)34-36(26)4)14-7-24(23)38(35-19)18-29-8-11-30(12-9-29,13-10-29)33-28(39)22-6-5-15-40-17-22/h22H,5-18H2,1-4H3,(H,33,39)/t22-,29?,30?/m1/s1. The molecule has 0 aromatic carbocycles. The van der Waals surface area contributed by atoms with Crippen LogP contribution in [0.3, 0.4) is 0 Å². The van der Waals surface area contributed by atoms with Gasteiger partial charge in [-0.05, 0) is 77.6 Å². The number of anilines is 1. The van der Waals surface area contributed by atoms with Crippen molar-refractivity contribution < 1.29 is 9.53 Å². The molecule has 2 aliphatic heterocycles. The fraction of sp³-hybridized carbons (Fsp3) is 0.700. The summed E-state index contributed by atoms with van der Waals surface area (Å²) >= 11 is 0. The highest BCUT2D eigenvalue weighted by Gasteiger charge is 2.50. The second-order valence-electron chi connectivity index (χ2n) is 13.0. The molecule has 10 nitrogen and oxygen atoms in total. The van der Waals surface area contributed by atoms with E-state index in [1.807, 2.05) is 25.6 Å². The highest BCUT2D eigenvalue weighted by Crippen LogP contribution is 2.53. The lowest BCUT2D eigenvalue weighted by Crippen LogP contribution is -2.58. The largest absolute Gasteiger partial charge is 0.381 e. The Hall–Kier alpha value is -3.01. The Morgan fingerprint density at radius 2 is 1.82 bits per heavy atom. The minimum Gasteiger partial charge on any atom is -0.381 e. The van der Waals surface area contributed by atoms with Crippen molar-refractivity contribution in [3.63, 3.8) is 0 Å². The summed E-state index contributed by atoms with van der Waals surface area (Å²) in [7, 11) is 1.98. The van der Waals surface area contributed by atoms with Gasteiger partial charge >= 0.3 is 0 Å². The van der Waals surface area contributed by atoms with Gasteiger partial charge < -0.3 is 15.0 Å². The summed E-state index contributed by atoms with van der Waals surface area (Å²) in [6, 6.07) is 0. The molecule has 214 valence electrons. The minimum atomic E-state index is -0.0125. The number of nitrogens with zero attached hydrogens (tertiary/aromatic N) is 7. The summed E-state index contributed by atoms with van der Waals surface area (Å²) in [5, 5.41) is 13.2. The SMILES string of the molecule is Cc1nc(N2CCc3c(c(C)nn3CC34CCC(NC(=O)[C@@H]5CCCOC5)(CC3)CC4)C2)c2c(n1)c(C)nn2C. The van der Waals surface area contributed by atoms with Gasteiger partial charge in [-0.15, -0.1) is 0 Å². The van der Waals surface area contributed by atoms with E-state index in [9.17, 15) is 4.79 Å². The zero-order valence-corrected chi connectivity index (χ0v) is 24.4. The number of rotatable bonds is 5. The molecular weight excluding hydrogens is 504 g/mol. The third-order valence-electron chi connectivity index (χ3n) is 10.4. The number of hydrogen-bond donors (Lipinski definition) is 1. The Bertz CT molecular complexity index is 1440. The molecule has 0 unspecified atom stereocenters. The first-order chi connectivity index (χ1) is 19.2. The maximum atomic E-state index is 13.0. The molecule has 3 aromatic heterocycles. The van der Waals surface area contributed by atoms with Gasteiger partial charge in [0.1, 0.15) is 16.9 Å². The average molecular weight is 547 g/mol. The molecule has 1 amide bonds. The van der Waals surface area contributed by atoms with Crippen LogP contribution in [0.25, 0.3) is 11.0 Å². The van der Waals surface area contributed by atoms with Crippen LogP contribution in [0.15, 0.2) is 0 Å². The summed E-state index contributed by atoms with van der Waals surface area (Å²) < 4.78 is 9.84. The van der Waals surface area contributed by atoms with Crippen LogP contribution in [0.2, 0.25) is 0 Å². The van der Waals surface area contributed by atoms with Crippen LogP contribution < -0.4 is 10.2 Å². The Morgan fingerprint density at radius 1 is 1.05 bits per heavy atom. The molecule has 3 aliphatic carbocycles. The van der Waals surface area contributed by atoms with Crippen molar-refractivity contribution in [2.45, 2.75) is 97.2 Å². The third kappa shape index (κ3) is 4.30. The quantitative estimate of drug-likeness (QED) is 0.521. The molecule has 1 N–H and O–H groups in total. The minimum absolute atomic E-state index is 0.0125. The average Bonchev–Trinajstić information content (AvgIpc) is 3.43. The molecule has 1 atom stereocenters. The van der Waals surface area contributed by atoms with Crippen molar-refractivity contribution in [3.8, 4) is 0 Å². The van der Waals surface area contributed by atoms with Gasteiger partial charge in [0.05, 0.1) is 23.9 Å². The zero-order chi connectivity index (χ0) is 27.6. The van der Waals surface area contributed by atoms with Gasteiger partial charge in [0.25, 0.3) is 0 Å². The monoisotopic (exact) mass is 546 g/mol. The Morgan fingerprint density at radius 3 is 2.55 bits per heavy atom. The van der Waals surface area contributed by atoms with Crippen molar-refractivity contribution in [1.29, 1.82) is 0 Å². The number of ether oxygens (including phenoxy) is 1. The van der Waals surface area contributed by atoms with Gasteiger partial charge in [-0.1, -0.05) is 0 Å². The second-order valence-corrected chi connectivity index (χ2v) is 13.0. The summed E-state index contributed by atoms with van der Waals surface area (Å²) in [6.45, 7) is 10.2. The Labute approximate surface area is 235 Å². The van der Waals surface area contributed by atoms with E-state index < -0.39 is 0 Å². The third-order valence-corrected chi connectivity index (χ3v) is 10.4. The fourth-order valence-corrected chi connectivity index (χ4v) is 7.94. The first-order valence-electron chi connectivity index (χ1n) is 15.1. The molecule has 0 spiro atoms. The molecule has 10 heteroatoms. The van der Waals surface area contributed by atoms with Gasteiger partial charge in [-0.3, -0.25) is 14.2 Å². The van der Waals surface area contributed by atoms with E-state index in [4.69, 9.17) is 14.8 Å². The van der Waals surface area contributed by atoms with Gasteiger partial charge in [-0.25, -0.2) is 9.97 Å². The predicted octanol–water partition coefficient (Wildman–Crippen LogP) is 3.68. The number of aryl methyl sites for hydroxylation is 4.